The van der Waals surface area contributed by atoms with E-state index in [9.17, 15) is 0 Å². The van der Waals surface area contributed by atoms with Crippen molar-refractivity contribution in [2.45, 2.75) is 39.3 Å². The molecule has 4 aromatic rings. The van der Waals surface area contributed by atoms with Gasteiger partial charge in [0.05, 0.1) is 17.8 Å². The number of nitrogens with zero attached hydrogens (tertiary/aromatic N) is 3. The summed E-state index contributed by atoms with van der Waals surface area (Å²) in [6.45, 7) is 6.57. The molecule has 1 N–H and O–H groups in total. The van der Waals surface area contributed by atoms with Crippen molar-refractivity contribution < 1.29 is 0 Å². The Labute approximate surface area is 211 Å². The third-order valence-corrected chi connectivity index (χ3v) is 7.17. The normalized spacial score (nSPS) is 17.8. The first-order valence-corrected chi connectivity index (χ1v) is 12.3. The van der Waals surface area contributed by atoms with E-state index in [4.69, 9.17) is 23.8 Å². The molecule has 0 bridgehead atoms. The molecule has 0 amide bonds. The van der Waals surface area contributed by atoms with Crippen LogP contribution in [-0.4, -0.2) is 14.7 Å². The van der Waals surface area contributed by atoms with Gasteiger partial charge in [-0.3, -0.25) is 4.98 Å². The monoisotopic (exact) mass is 486 g/mol. The molecule has 4 nitrogen and oxygen atoms in total. The predicted octanol–water partition coefficient (Wildman–Crippen LogP) is 6.88. The molecule has 1 aliphatic heterocycles. The molecule has 1 aliphatic rings. The van der Waals surface area contributed by atoms with Gasteiger partial charge in [0.1, 0.15) is 0 Å². The number of para-hydroxylation sites is 1. The molecule has 2 atom stereocenters. The zero-order valence-corrected chi connectivity index (χ0v) is 21.1. The van der Waals surface area contributed by atoms with Crippen molar-refractivity contribution in [3.05, 3.63) is 112 Å². The van der Waals surface area contributed by atoms with Gasteiger partial charge in [0.2, 0.25) is 0 Å². The largest absolute Gasteiger partial charge is 0.351 e. The Morgan fingerprint density at radius 2 is 1.74 bits per heavy atom. The van der Waals surface area contributed by atoms with Crippen LogP contribution in [0.15, 0.2) is 79.0 Å². The van der Waals surface area contributed by atoms with Crippen LogP contribution < -0.4 is 10.2 Å². The maximum atomic E-state index is 6.20. The van der Waals surface area contributed by atoms with Crippen LogP contribution in [0.1, 0.15) is 47.2 Å². The molecular formula is C28H27ClN4S. The van der Waals surface area contributed by atoms with Crippen LogP contribution in [0.2, 0.25) is 5.02 Å². The summed E-state index contributed by atoms with van der Waals surface area (Å²) in [6.07, 6.45) is 2.81. The number of halogens is 1. The minimum atomic E-state index is -0.0836. The molecule has 0 aliphatic carbocycles. The molecule has 5 rings (SSSR count). The van der Waals surface area contributed by atoms with Gasteiger partial charge in [-0.2, -0.15) is 0 Å². The Bertz CT molecular complexity index is 1330. The van der Waals surface area contributed by atoms with Crippen LogP contribution in [-0.2, 0) is 6.42 Å². The van der Waals surface area contributed by atoms with Crippen LogP contribution in [0, 0.1) is 13.8 Å². The summed E-state index contributed by atoms with van der Waals surface area (Å²) >= 11 is 12.1. The van der Waals surface area contributed by atoms with Crippen molar-refractivity contribution in [3.8, 4) is 5.69 Å². The predicted molar refractivity (Wildman–Crippen MR) is 144 cm³/mol. The number of pyridine rings is 1. The highest BCUT2D eigenvalue weighted by Crippen LogP contribution is 2.44. The number of benzene rings is 2. The fourth-order valence-electron chi connectivity index (χ4n) is 5.04. The Morgan fingerprint density at radius 1 is 1.00 bits per heavy atom. The lowest BCUT2D eigenvalue weighted by Gasteiger charge is -2.28. The summed E-state index contributed by atoms with van der Waals surface area (Å²) in [5.41, 5.74) is 8.14. The van der Waals surface area contributed by atoms with E-state index in [1.165, 1.54) is 28.2 Å². The van der Waals surface area contributed by atoms with Gasteiger partial charge in [-0.05, 0) is 92.1 Å². The standard InChI is InChI=1S/C28H27ClN4S/c1-4-20-9-5-6-11-25(20)32-18(2)17-23(19(32)3)27-26(24-10-7-8-16-30-24)31-28(34)33(27)22-14-12-21(29)13-15-22/h5-17,26-27H,4H2,1-3H3,(H,31,34)/t26-,27+/m1/s1. The lowest BCUT2D eigenvalue weighted by molar-refractivity contribution is 0.565. The third kappa shape index (κ3) is 3.89. The van der Waals surface area contributed by atoms with Gasteiger partial charge in [0, 0.05) is 34.0 Å². The van der Waals surface area contributed by atoms with Crippen LogP contribution in [0.3, 0.4) is 0 Å². The van der Waals surface area contributed by atoms with Crippen molar-refractivity contribution in [3.63, 3.8) is 0 Å². The number of hydrogen-bond donors (Lipinski definition) is 1. The molecule has 3 heterocycles. The first-order valence-electron chi connectivity index (χ1n) is 11.5. The van der Waals surface area contributed by atoms with Crippen molar-refractivity contribution in [2.24, 2.45) is 0 Å². The SMILES string of the molecule is CCc1ccccc1-n1c(C)cc([C@H]2[C@@H](c3ccccn3)NC(=S)N2c2ccc(Cl)cc2)c1C. The molecule has 0 radical (unpaired) electrons. The molecule has 1 saturated heterocycles. The third-order valence-electron chi connectivity index (χ3n) is 6.61. The van der Waals surface area contributed by atoms with Gasteiger partial charge in [-0.25, -0.2) is 0 Å². The smallest absolute Gasteiger partial charge is 0.174 e. The Hall–Kier alpha value is -3.15. The Kier molecular flexibility index (Phi) is 6.15. The van der Waals surface area contributed by atoms with Gasteiger partial charge in [-0.1, -0.05) is 42.8 Å². The molecule has 0 saturated carbocycles. The van der Waals surface area contributed by atoms with Crippen molar-refractivity contribution >= 4 is 34.6 Å². The first-order chi connectivity index (χ1) is 16.5. The minimum absolute atomic E-state index is 0.0580. The van der Waals surface area contributed by atoms with Crippen molar-refractivity contribution in [1.29, 1.82) is 0 Å². The molecule has 0 unspecified atom stereocenters. The molecule has 1 fully saturated rings. The fraction of sp³-hybridized carbons (Fsp3) is 0.214. The van der Waals surface area contributed by atoms with E-state index in [0.717, 1.165) is 17.8 Å². The Morgan fingerprint density at radius 3 is 2.44 bits per heavy atom. The molecule has 2 aromatic heterocycles. The molecule has 6 heteroatoms. The van der Waals surface area contributed by atoms with E-state index in [2.05, 4.69) is 76.9 Å². The average Bonchev–Trinajstić information content (AvgIpc) is 3.35. The molecule has 34 heavy (non-hydrogen) atoms. The average molecular weight is 487 g/mol. The molecular weight excluding hydrogens is 460 g/mol. The summed E-state index contributed by atoms with van der Waals surface area (Å²) in [6, 6.07) is 24.7. The molecule has 2 aromatic carbocycles. The van der Waals surface area contributed by atoms with Crippen LogP contribution in [0.5, 0.6) is 0 Å². The maximum absolute atomic E-state index is 6.20. The van der Waals surface area contributed by atoms with Crippen LogP contribution in [0.4, 0.5) is 5.69 Å². The number of nitrogens with one attached hydrogen (secondary N) is 1. The summed E-state index contributed by atoms with van der Waals surface area (Å²) in [7, 11) is 0. The van der Waals surface area contributed by atoms with Crippen molar-refractivity contribution in [2.75, 3.05) is 4.90 Å². The molecule has 172 valence electrons. The summed E-state index contributed by atoms with van der Waals surface area (Å²) in [4.78, 5) is 6.88. The second-order valence-electron chi connectivity index (χ2n) is 8.62. The first kappa shape index (κ1) is 22.6. The second-order valence-corrected chi connectivity index (χ2v) is 9.44. The molecule has 0 spiro atoms. The summed E-state index contributed by atoms with van der Waals surface area (Å²) in [5.74, 6) is 0. The Balaban J connectivity index is 1.69. The van der Waals surface area contributed by atoms with Gasteiger partial charge in [0.25, 0.3) is 0 Å². The van der Waals surface area contributed by atoms with Gasteiger partial charge in [-0.15, -0.1) is 0 Å². The van der Waals surface area contributed by atoms with Crippen LogP contribution >= 0.6 is 23.8 Å². The van der Waals surface area contributed by atoms with E-state index in [0.29, 0.717) is 10.1 Å². The number of aryl methyl sites for hydroxylation is 2. The highest BCUT2D eigenvalue weighted by Gasteiger charge is 2.42. The van der Waals surface area contributed by atoms with E-state index < -0.39 is 0 Å². The van der Waals surface area contributed by atoms with E-state index in [1.54, 1.807) is 0 Å². The number of rotatable bonds is 5. The van der Waals surface area contributed by atoms with E-state index in [1.807, 2.05) is 42.6 Å². The quantitative estimate of drug-likeness (QED) is 0.311. The zero-order chi connectivity index (χ0) is 23.8. The van der Waals surface area contributed by atoms with E-state index >= 15 is 0 Å². The highest BCUT2D eigenvalue weighted by molar-refractivity contribution is 7.80. The summed E-state index contributed by atoms with van der Waals surface area (Å²) in [5, 5.41) is 4.94. The summed E-state index contributed by atoms with van der Waals surface area (Å²) < 4.78 is 2.37. The fourth-order valence-corrected chi connectivity index (χ4v) is 5.51. The highest BCUT2D eigenvalue weighted by atomic mass is 35.5. The van der Waals surface area contributed by atoms with E-state index in [-0.39, 0.29) is 12.1 Å². The topological polar surface area (TPSA) is 33.1 Å². The van der Waals surface area contributed by atoms with Crippen molar-refractivity contribution in [1.82, 2.24) is 14.9 Å². The van der Waals surface area contributed by atoms with Gasteiger partial charge < -0.3 is 14.8 Å². The van der Waals surface area contributed by atoms with Gasteiger partial charge in [0.15, 0.2) is 5.11 Å². The number of aromatic nitrogens is 2. The van der Waals surface area contributed by atoms with Gasteiger partial charge >= 0.3 is 0 Å². The number of thiocarbonyl (C=S) groups is 1. The second kappa shape index (κ2) is 9.24. The lowest BCUT2D eigenvalue weighted by atomic mass is 9.96. The minimum Gasteiger partial charge on any atom is -0.351 e. The number of hydrogen-bond acceptors (Lipinski definition) is 2. The number of anilines is 1. The van der Waals surface area contributed by atoms with Crippen LogP contribution in [0.25, 0.3) is 5.69 Å². The zero-order valence-electron chi connectivity index (χ0n) is 19.5. The lowest BCUT2D eigenvalue weighted by Crippen LogP contribution is -2.29. The maximum Gasteiger partial charge on any atom is 0.174 e.